The van der Waals surface area contributed by atoms with Crippen molar-refractivity contribution in [3.63, 3.8) is 0 Å². The van der Waals surface area contributed by atoms with Crippen molar-refractivity contribution in [2.24, 2.45) is 5.92 Å². The summed E-state index contributed by atoms with van der Waals surface area (Å²) in [5.41, 5.74) is 0. The minimum absolute atomic E-state index is 0.0283. The Balaban J connectivity index is 1.35. The van der Waals surface area contributed by atoms with E-state index in [1.54, 1.807) is 0 Å². The van der Waals surface area contributed by atoms with E-state index in [-0.39, 0.29) is 24.6 Å². The van der Waals surface area contributed by atoms with Crippen molar-refractivity contribution in [3.8, 4) is 0 Å². The second-order valence-corrected chi connectivity index (χ2v) is 8.16. The fourth-order valence-corrected chi connectivity index (χ4v) is 4.62. The van der Waals surface area contributed by atoms with Crippen LogP contribution < -0.4 is 5.32 Å². The van der Waals surface area contributed by atoms with Crippen LogP contribution in [0.15, 0.2) is 0 Å². The van der Waals surface area contributed by atoms with Gasteiger partial charge in [-0.25, -0.2) is 4.79 Å². The lowest BCUT2D eigenvalue weighted by Gasteiger charge is -2.42. The predicted molar refractivity (Wildman–Crippen MR) is 102 cm³/mol. The summed E-state index contributed by atoms with van der Waals surface area (Å²) >= 11 is 0. The molecule has 7 nitrogen and oxygen atoms in total. The molecule has 0 unspecified atom stereocenters. The molecule has 1 aliphatic carbocycles. The number of methoxy groups -OCH3 is 1. The molecule has 2 heterocycles. The zero-order valence-electron chi connectivity index (χ0n) is 16.7. The lowest BCUT2D eigenvalue weighted by atomic mass is 9.91. The van der Waals surface area contributed by atoms with Gasteiger partial charge in [-0.1, -0.05) is 0 Å². The minimum atomic E-state index is -0.326. The van der Waals surface area contributed by atoms with Gasteiger partial charge >= 0.3 is 5.97 Å². The van der Waals surface area contributed by atoms with Crippen LogP contribution in [0.25, 0.3) is 0 Å². The van der Waals surface area contributed by atoms with Gasteiger partial charge in [0.1, 0.15) is 6.61 Å². The van der Waals surface area contributed by atoms with Crippen LogP contribution >= 0.6 is 0 Å². The topological polar surface area (TPSA) is 71.1 Å². The number of carbonyl (C=O) groups is 2. The number of amides is 1. The van der Waals surface area contributed by atoms with Gasteiger partial charge < -0.3 is 19.7 Å². The number of piperazine rings is 1. The van der Waals surface area contributed by atoms with E-state index in [4.69, 9.17) is 4.74 Å². The van der Waals surface area contributed by atoms with E-state index in [9.17, 15) is 9.59 Å². The fraction of sp³-hybridized carbons (Fsp3) is 0.900. The highest BCUT2D eigenvalue weighted by molar-refractivity contribution is 5.79. The predicted octanol–water partition coefficient (Wildman–Crippen LogP) is 1.02. The zero-order chi connectivity index (χ0) is 19.1. The number of hydrogen-bond donors (Lipinski definition) is 1. The van der Waals surface area contributed by atoms with Crippen molar-refractivity contribution in [1.82, 2.24) is 15.1 Å². The van der Waals surface area contributed by atoms with Crippen LogP contribution in [-0.4, -0.2) is 86.8 Å². The van der Waals surface area contributed by atoms with Gasteiger partial charge in [-0.05, 0) is 70.5 Å². The maximum atomic E-state index is 12.7. The maximum absolute atomic E-state index is 12.7. The Bertz CT molecular complexity index is 488. The number of ether oxygens (including phenoxy) is 2. The van der Waals surface area contributed by atoms with Crippen LogP contribution in [0.5, 0.6) is 0 Å². The zero-order valence-corrected chi connectivity index (χ0v) is 16.7. The van der Waals surface area contributed by atoms with Crippen LogP contribution in [0.3, 0.4) is 0 Å². The minimum Gasteiger partial charge on any atom is -0.467 e. The lowest BCUT2D eigenvalue weighted by molar-refractivity contribution is -0.149. The molecule has 1 amide bonds. The summed E-state index contributed by atoms with van der Waals surface area (Å²) in [6.45, 7) is 5.79. The molecular weight excluding hydrogens is 346 g/mol. The van der Waals surface area contributed by atoms with Gasteiger partial charge in [-0.3, -0.25) is 9.69 Å². The quantitative estimate of drug-likeness (QED) is 0.664. The molecule has 0 aromatic rings. The van der Waals surface area contributed by atoms with E-state index in [0.29, 0.717) is 12.6 Å². The highest BCUT2D eigenvalue weighted by atomic mass is 16.6. The molecule has 1 N–H and O–H groups in total. The Hall–Kier alpha value is -1.18. The monoisotopic (exact) mass is 381 g/mol. The third-order valence-corrected chi connectivity index (χ3v) is 6.40. The van der Waals surface area contributed by atoms with Gasteiger partial charge in [0.2, 0.25) is 5.91 Å². The number of esters is 1. The van der Waals surface area contributed by atoms with Crippen molar-refractivity contribution in [2.45, 2.75) is 57.1 Å². The van der Waals surface area contributed by atoms with Crippen molar-refractivity contribution in [2.75, 3.05) is 53.0 Å². The number of carbonyl (C=O) groups excluding carboxylic acids is 2. The summed E-state index contributed by atoms with van der Waals surface area (Å²) in [5, 5.41) is 3.42. The average Bonchev–Trinajstić information content (AvgIpc) is 2.72. The summed E-state index contributed by atoms with van der Waals surface area (Å²) in [5.74, 6) is 0.776. The molecule has 154 valence electrons. The molecule has 1 saturated carbocycles. The SMILES string of the molecule is COC(=O)COC1CCC(N2CCN(CCC3CCNCC3)CC2=O)CC1. The van der Waals surface area contributed by atoms with Gasteiger partial charge in [-0.2, -0.15) is 0 Å². The Morgan fingerprint density at radius 2 is 1.85 bits per heavy atom. The van der Waals surface area contributed by atoms with Crippen molar-refractivity contribution >= 4 is 11.9 Å². The third kappa shape index (κ3) is 6.16. The molecule has 0 radical (unpaired) electrons. The molecule has 0 spiro atoms. The Morgan fingerprint density at radius 1 is 1.11 bits per heavy atom. The first-order chi connectivity index (χ1) is 13.2. The Labute approximate surface area is 162 Å². The summed E-state index contributed by atoms with van der Waals surface area (Å²) in [4.78, 5) is 28.3. The second kappa shape index (κ2) is 10.4. The van der Waals surface area contributed by atoms with Gasteiger partial charge in [0.25, 0.3) is 0 Å². The highest BCUT2D eigenvalue weighted by Crippen LogP contribution is 2.26. The maximum Gasteiger partial charge on any atom is 0.331 e. The number of piperidine rings is 1. The van der Waals surface area contributed by atoms with Crippen LogP contribution in [0, 0.1) is 5.92 Å². The molecule has 2 aliphatic heterocycles. The van der Waals surface area contributed by atoms with E-state index < -0.39 is 0 Å². The third-order valence-electron chi connectivity index (χ3n) is 6.40. The van der Waals surface area contributed by atoms with E-state index in [1.807, 2.05) is 0 Å². The van der Waals surface area contributed by atoms with Gasteiger partial charge in [0.15, 0.2) is 0 Å². The van der Waals surface area contributed by atoms with Gasteiger partial charge in [-0.15, -0.1) is 0 Å². The summed E-state index contributed by atoms with van der Waals surface area (Å²) in [7, 11) is 1.38. The van der Waals surface area contributed by atoms with E-state index in [1.165, 1.54) is 26.4 Å². The molecule has 3 rings (SSSR count). The second-order valence-electron chi connectivity index (χ2n) is 8.16. The van der Waals surface area contributed by atoms with E-state index >= 15 is 0 Å². The smallest absolute Gasteiger partial charge is 0.331 e. The Kier molecular flexibility index (Phi) is 7.91. The van der Waals surface area contributed by atoms with Crippen molar-refractivity contribution in [1.29, 1.82) is 0 Å². The molecule has 0 bridgehead atoms. The molecule has 2 saturated heterocycles. The Morgan fingerprint density at radius 3 is 2.52 bits per heavy atom. The van der Waals surface area contributed by atoms with Crippen molar-refractivity contribution < 1.29 is 19.1 Å². The summed E-state index contributed by atoms with van der Waals surface area (Å²) in [6.07, 6.45) is 7.62. The number of rotatable bonds is 7. The molecule has 0 aromatic heterocycles. The first-order valence-electron chi connectivity index (χ1n) is 10.6. The molecule has 0 atom stereocenters. The molecule has 0 aromatic carbocycles. The molecule has 3 fully saturated rings. The summed E-state index contributed by atoms with van der Waals surface area (Å²) in [6, 6.07) is 0.335. The number of hydrogen-bond acceptors (Lipinski definition) is 6. The average molecular weight is 382 g/mol. The summed E-state index contributed by atoms with van der Waals surface area (Å²) < 4.78 is 10.2. The van der Waals surface area contributed by atoms with Crippen LogP contribution in [0.2, 0.25) is 0 Å². The van der Waals surface area contributed by atoms with Crippen molar-refractivity contribution in [3.05, 3.63) is 0 Å². The van der Waals surface area contributed by atoms with E-state index in [2.05, 4.69) is 19.9 Å². The fourth-order valence-electron chi connectivity index (χ4n) is 4.62. The van der Waals surface area contributed by atoms with Crippen LogP contribution in [0.1, 0.15) is 44.9 Å². The standard InChI is InChI=1S/C20H35N3O4/c1-26-20(25)15-27-18-4-2-17(3-5-18)23-13-12-22(14-19(23)24)11-8-16-6-9-21-10-7-16/h16-18,21H,2-15H2,1H3. The normalized spacial score (nSPS) is 28.3. The van der Waals surface area contributed by atoms with Gasteiger partial charge in [0, 0.05) is 19.1 Å². The van der Waals surface area contributed by atoms with E-state index in [0.717, 1.165) is 64.3 Å². The van der Waals surface area contributed by atoms with Crippen LogP contribution in [0.4, 0.5) is 0 Å². The lowest BCUT2D eigenvalue weighted by Crippen LogP contribution is -2.55. The van der Waals surface area contributed by atoms with Crippen LogP contribution in [-0.2, 0) is 19.1 Å². The highest BCUT2D eigenvalue weighted by Gasteiger charge is 2.32. The molecule has 3 aliphatic rings. The largest absolute Gasteiger partial charge is 0.467 e. The number of nitrogens with zero attached hydrogens (tertiary/aromatic N) is 2. The molecule has 7 heteroatoms. The molecular formula is C20H35N3O4. The first kappa shape index (κ1) is 20.6. The number of nitrogens with one attached hydrogen (secondary N) is 1. The van der Waals surface area contributed by atoms with Gasteiger partial charge in [0.05, 0.1) is 19.8 Å². The first-order valence-corrected chi connectivity index (χ1v) is 10.6. The molecule has 27 heavy (non-hydrogen) atoms.